The Morgan fingerprint density at radius 3 is 2.53 bits per heavy atom. The third-order valence-corrected chi connectivity index (χ3v) is 3.27. The summed E-state index contributed by atoms with van der Waals surface area (Å²) in [5.41, 5.74) is 6.04. The van der Waals surface area contributed by atoms with Crippen molar-refractivity contribution in [3.05, 3.63) is 40.4 Å². The Kier molecular flexibility index (Phi) is 5.76. The number of nitrogens with zero attached hydrogens (tertiary/aromatic N) is 1. The van der Waals surface area contributed by atoms with Crippen molar-refractivity contribution >= 4 is 33.8 Å². The number of hydrogen-bond acceptors (Lipinski definition) is 2. The lowest BCUT2D eigenvalue weighted by Crippen LogP contribution is -2.41. The van der Waals surface area contributed by atoms with Gasteiger partial charge in [-0.25, -0.2) is 0 Å². The average molecular weight is 325 g/mol. The van der Waals surface area contributed by atoms with Gasteiger partial charge in [-0.1, -0.05) is 34.1 Å². The number of hydrogen-bond donors (Lipinski definition) is 1. The van der Waals surface area contributed by atoms with Gasteiger partial charge in [0.1, 0.15) is 0 Å². The molecule has 5 heteroatoms. The van der Waals surface area contributed by atoms with Gasteiger partial charge in [0.25, 0.3) is 0 Å². The van der Waals surface area contributed by atoms with Crippen LogP contribution in [0, 0.1) is 0 Å². The SMILES string of the molecule is CC(C)N(CC(N)=O)C(=O)/C=C\c1ccccc1Br. The molecule has 0 atom stereocenters. The zero-order valence-corrected chi connectivity index (χ0v) is 12.6. The van der Waals surface area contributed by atoms with Crippen LogP contribution >= 0.6 is 15.9 Å². The predicted molar refractivity (Wildman–Crippen MR) is 79.2 cm³/mol. The fourth-order valence-electron chi connectivity index (χ4n) is 1.55. The Balaban J connectivity index is 2.82. The minimum Gasteiger partial charge on any atom is -0.368 e. The number of carbonyl (C=O) groups is 2. The van der Waals surface area contributed by atoms with Gasteiger partial charge in [0.05, 0.1) is 6.54 Å². The van der Waals surface area contributed by atoms with Crippen LogP contribution < -0.4 is 5.73 Å². The molecule has 0 radical (unpaired) electrons. The van der Waals surface area contributed by atoms with Crippen LogP contribution in [-0.4, -0.2) is 29.3 Å². The molecule has 0 fully saturated rings. The van der Waals surface area contributed by atoms with E-state index in [2.05, 4.69) is 15.9 Å². The lowest BCUT2D eigenvalue weighted by molar-refractivity contribution is -0.132. The molecule has 1 aromatic carbocycles. The zero-order chi connectivity index (χ0) is 14.4. The molecule has 0 saturated carbocycles. The Morgan fingerprint density at radius 2 is 2.00 bits per heavy atom. The van der Waals surface area contributed by atoms with E-state index in [9.17, 15) is 9.59 Å². The van der Waals surface area contributed by atoms with Crippen LogP contribution in [0.1, 0.15) is 19.4 Å². The molecule has 19 heavy (non-hydrogen) atoms. The van der Waals surface area contributed by atoms with E-state index in [-0.39, 0.29) is 18.5 Å². The molecule has 2 N–H and O–H groups in total. The first-order chi connectivity index (χ1) is 8.91. The highest BCUT2D eigenvalue weighted by molar-refractivity contribution is 9.10. The van der Waals surface area contributed by atoms with Gasteiger partial charge in [-0.3, -0.25) is 9.59 Å². The van der Waals surface area contributed by atoms with Crippen molar-refractivity contribution < 1.29 is 9.59 Å². The summed E-state index contributed by atoms with van der Waals surface area (Å²) in [5.74, 6) is -0.749. The second-order valence-electron chi connectivity index (χ2n) is 4.38. The highest BCUT2D eigenvalue weighted by Crippen LogP contribution is 2.17. The summed E-state index contributed by atoms with van der Waals surface area (Å²) >= 11 is 3.40. The van der Waals surface area contributed by atoms with E-state index in [1.807, 2.05) is 38.1 Å². The maximum absolute atomic E-state index is 12.0. The lowest BCUT2D eigenvalue weighted by Gasteiger charge is -2.23. The highest BCUT2D eigenvalue weighted by atomic mass is 79.9. The molecule has 0 aliphatic carbocycles. The molecule has 0 aliphatic heterocycles. The highest BCUT2D eigenvalue weighted by Gasteiger charge is 2.16. The molecular formula is C14H17BrN2O2. The summed E-state index contributed by atoms with van der Waals surface area (Å²) < 4.78 is 0.907. The summed E-state index contributed by atoms with van der Waals surface area (Å²) in [6, 6.07) is 7.49. The summed E-state index contributed by atoms with van der Waals surface area (Å²) in [6.07, 6.45) is 3.16. The van der Waals surface area contributed by atoms with Crippen LogP contribution in [0.4, 0.5) is 0 Å². The van der Waals surface area contributed by atoms with Gasteiger partial charge in [-0.05, 0) is 31.6 Å². The molecule has 0 bridgehead atoms. The van der Waals surface area contributed by atoms with Crippen LogP contribution in [0.3, 0.4) is 0 Å². The van der Waals surface area contributed by atoms with E-state index in [0.717, 1.165) is 10.0 Å². The molecule has 0 heterocycles. The smallest absolute Gasteiger partial charge is 0.247 e. The summed E-state index contributed by atoms with van der Waals surface area (Å²) in [5, 5.41) is 0. The summed E-state index contributed by atoms with van der Waals surface area (Å²) in [6.45, 7) is 3.61. The first kappa shape index (κ1) is 15.4. The summed E-state index contributed by atoms with van der Waals surface area (Å²) in [7, 11) is 0. The average Bonchev–Trinajstić information content (AvgIpc) is 2.34. The molecular weight excluding hydrogens is 308 g/mol. The Labute approximate surface area is 121 Å². The minimum absolute atomic E-state index is 0.0726. The maximum atomic E-state index is 12.0. The first-order valence-electron chi connectivity index (χ1n) is 5.93. The van der Waals surface area contributed by atoms with E-state index >= 15 is 0 Å². The zero-order valence-electron chi connectivity index (χ0n) is 11.0. The van der Waals surface area contributed by atoms with Crippen molar-refractivity contribution in [3.8, 4) is 0 Å². The van der Waals surface area contributed by atoms with Crippen LogP contribution in [0.25, 0.3) is 6.08 Å². The van der Waals surface area contributed by atoms with Crippen LogP contribution in [0.15, 0.2) is 34.8 Å². The number of primary amides is 1. The largest absolute Gasteiger partial charge is 0.368 e. The Morgan fingerprint density at radius 1 is 1.37 bits per heavy atom. The van der Waals surface area contributed by atoms with Gasteiger partial charge in [0.15, 0.2) is 0 Å². The molecule has 2 amide bonds. The number of nitrogens with two attached hydrogens (primary N) is 1. The van der Waals surface area contributed by atoms with Crippen LogP contribution in [0.5, 0.6) is 0 Å². The van der Waals surface area contributed by atoms with Gasteiger partial charge < -0.3 is 10.6 Å². The fraction of sp³-hybridized carbons (Fsp3) is 0.286. The monoisotopic (exact) mass is 324 g/mol. The number of amides is 2. The number of carbonyl (C=O) groups excluding carboxylic acids is 2. The third-order valence-electron chi connectivity index (χ3n) is 2.54. The van der Waals surface area contributed by atoms with Crippen molar-refractivity contribution in [2.24, 2.45) is 5.73 Å². The van der Waals surface area contributed by atoms with Gasteiger partial charge in [0, 0.05) is 16.6 Å². The van der Waals surface area contributed by atoms with Gasteiger partial charge in [0.2, 0.25) is 11.8 Å². The van der Waals surface area contributed by atoms with Crippen LogP contribution in [-0.2, 0) is 9.59 Å². The normalized spacial score (nSPS) is 10.9. The van der Waals surface area contributed by atoms with E-state index < -0.39 is 5.91 Å². The minimum atomic E-state index is -0.517. The molecule has 1 aromatic rings. The second-order valence-corrected chi connectivity index (χ2v) is 5.24. The van der Waals surface area contributed by atoms with Gasteiger partial charge >= 0.3 is 0 Å². The van der Waals surface area contributed by atoms with E-state index in [1.54, 1.807) is 6.08 Å². The molecule has 0 spiro atoms. The Bertz CT molecular complexity index is 498. The standard InChI is InChI=1S/C14H17BrN2O2/c1-10(2)17(9-13(16)18)14(19)8-7-11-5-3-4-6-12(11)15/h3-8,10H,9H2,1-2H3,(H2,16,18)/b8-7-. The number of rotatable bonds is 5. The molecule has 1 rings (SSSR count). The van der Waals surface area contributed by atoms with Crippen molar-refractivity contribution in [2.45, 2.75) is 19.9 Å². The molecule has 102 valence electrons. The molecule has 4 nitrogen and oxygen atoms in total. The number of benzene rings is 1. The molecule has 0 unspecified atom stereocenters. The van der Waals surface area contributed by atoms with Crippen molar-refractivity contribution in [1.29, 1.82) is 0 Å². The van der Waals surface area contributed by atoms with E-state index in [4.69, 9.17) is 5.73 Å². The quantitative estimate of drug-likeness (QED) is 0.844. The molecule has 0 saturated heterocycles. The van der Waals surface area contributed by atoms with Crippen molar-refractivity contribution in [2.75, 3.05) is 6.54 Å². The second kappa shape index (κ2) is 7.09. The predicted octanol–water partition coefficient (Wildman–Crippen LogP) is 2.18. The van der Waals surface area contributed by atoms with E-state index in [0.29, 0.717) is 0 Å². The van der Waals surface area contributed by atoms with Crippen molar-refractivity contribution in [3.63, 3.8) is 0 Å². The maximum Gasteiger partial charge on any atom is 0.247 e. The number of halogens is 1. The molecule has 0 aromatic heterocycles. The van der Waals surface area contributed by atoms with Gasteiger partial charge in [-0.2, -0.15) is 0 Å². The van der Waals surface area contributed by atoms with Crippen molar-refractivity contribution in [1.82, 2.24) is 4.90 Å². The lowest BCUT2D eigenvalue weighted by atomic mass is 10.2. The fourth-order valence-corrected chi connectivity index (χ4v) is 1.97. The first-order valence-corrected chi connectivity index (χ1v) is 6.72. The molecule has 0 aliphatic rings. The topological polar surface area (TPSA) is 63.4 Å². The summed E-state index contributed by atoms with van der Waals surface area (Å²) in [4.78, 5) is 24.4. The third kappa shape index (κ3) is 4.87. The van der Waals surface area contributed by atoms with Gasteiger partial charge in [-0.15, -0.1) is 0 Å². The van der Waals surface area contributed by atoms with Crippen LogP contribution in [0.2, 0.25) is 0 Å². The Hall–Kier alpha value is -1.62. The van der Waals surface area contributed by atoms with E-state index in [1.165, 1.54) is 11.0 Å².